The van der Waals surface area contributed by atoms with Crippen molar-refractivity contribution < 1.29 is 9.53 Å². The zero-order valence-corrected chi connectivity index (χ0v) is 17.3. The number of ether oxygens (including phenoxy) is 1. The summed E-state index contributed by atoms with van der Waals surface area (Å²) >= 11 is 3.61. The molecular formula is C19H22BrN3O3. The van der Waals surface area contributed by atoms with Crippen molar-refractivity contribution in [2.75, 3.05) is 0 Å². The van der Waals surface area contributed by atoms with Crippen LogP contribution in [-0.4, -0.2) is 25.5 Å². The lowest BCUT2D eigenvalue weighted by atomic mass is 10.0. The minimum atomic E-state index is -0.643. The van der Waals surface area contributed by atoms with Crippen molar-refractivity contribution in [1.82, 2.24) is 14.0 Å². The number of aryl methyl sites for hydroxylation is 2. The first kappa shape index (κ1) is 18.6. The highest BCUT2D eigenvalue weighted by atomic mass is 79.9. The Balaban J connectivity index is 2.43. The molecule has 0 radical (unpaired) electrons. The Bertz CT molecular complexity index is 1090. The average molecular weight is 420 g/mol. The zero-order valence-electron chi connectivity index (χ0n) is 15.8. The number of carbonyl (C=O) groups excluding carboxylic acids is 1. The molecular weight excluding hydrogens is 398 g/mol. The van der Waals surface area contributed by atoms with E-state index in [0.29, 0.717) is 11.0 Å². The zero-order chi connectivity index (χ0) is 19.4. The first-order valence-electron chi connectivity index (χ1n) is 8.39. The largest absolute Gasteiger partial charge is 0.455 e. The highest BCUT2D eigenvalue weighted by Crippen LogP contribution is 2.30. The van der Waals surface area contributed by atoms with Gasteiger partial charge in [-0.2, -0.15) is 0 Å². The van der Waals surface area contributed by atoms with Gasteiger partial charge in [0.25, 0.3) is 5.56 Å². The molecule has 1 unspecified atom stereocenters. The Kier molecular flexibility index (Phi) is 4.46. The predicted molar refractivity (Wildman–Crippen MR) is 105 cm³/mol. The van der Waals surface area contributed by atoms with Gasteiger partial charge in [-0.1, -0.05) is 22.0 Å². The molecule has 3 rings (SSSR count). The van der Waals surface area contributed by atoms with Gasteiger partial charge in [0.05, 0.1) is 10.9 Å². The Morgan fingerprint density at radius 2 is 1.96 bits per heavy atom. The van der Waals surface area contributed by atoms with Crippen molar-refractivity contribution >= 4 is 38.4 Å². The molecule has 2 aromatic heterocycles. The number of carbonyl (C=O) groups is 1. The lowest BCUT2D eigenvalue weighted by molar-refractivity contribution is 0.00653. The van der Waals surface area contributed by atoms with Crippen LogP contribution in [0.5, 0.6) is 0 Å². The summed E-state index contributed by atoms with van der Waals surface area (Å²) in [5.41, 5.74) is 2.47. The molecule has 6 nitrogen and oxygen atoms in total. The molecule has 0 amide bonds. The number of imidazole rings is 1. The molecule has 0 N–H and O–H groups in total. The van der Waals surface area contributed by atoms with Crippen molar-refractivity contribution in [3.63, 3.8) is 0 Å². The van der Waals surface area contributed by atoms with Crippen LogP contribution in [0.3, 0.4) is 0 Å². The van der Waals surface area contributed by atoms with Gasteiger partial charge in [-0.15, -0.1) is 0 Å². The van der Waals surface area contributed by atoms with Gasteiger partial charge in [-0.25, -0.2) is 9.78 Å². The van der Waals surface area contributed by atoms with Gasteiger partial charge in [0, 0.05) is 11.9 Å². The third-order valence-corrected chi connectivity index (χ3v) is 4.63. The number of fused-ring (bicyclic) bond motifs is 3. The summed E-state index contributed by atoms with van der Waals surface area (Å²) in [6, 6.07) is 3.90. The van der Waals surface area contributed by atoms with Crippen LogP contribution in [0.4, 0.5) is 0 Å². The monoisotopic (exact) mass is 419 g/mol. The van der Waals surface area contributed by atoms with E-state index in [1.807, 2.05) is 26.0 Å². The van der Waals surface area contributed by atoms with E-state index in [-0.39, 0.29) is 16.1 Å². The van der Waals surface area contributed by atoms with Crippen LogP contribution >= 0.6 is 15.9 Å². The molecule has 3 aromatic rings. The first-order chi connectivity index (χ1) is 12.0. The van der Waals surface area contributed by atoms with Crippen molar-refractivity contribution in [2.45, 2.75) is 45.0 Å². The van der Waals surface area contributed by atoms with Crippen LogP contribution in [0.25, 0.3) is 16.6 Å². The summed E-state index contributed by atoms with van der Waals surface area (Å²) in [7, 11) is 1.65. The number of hydrogen-bond donors (Lipinski definition) is 0. The lowest BCUT2D eigenvalue weighted by Gasteiger charge is -2.19. The molecule has 0 bridgehead atoms. The van der Waals surface area contributed by atoms with Crippen LogP contribution in [-0.2, 0) is 11.8 Å². The van der Waals surface area contributed by atoms with E-state index in [2.05, 4.69) is 20.9 Å². The van der Waals surface area contributed by atoms with Crippen molar-refractivity contribution in [1.29, 1.82) is 0 Å². The number of nitrogens with zero attached hydrogens (tertiary/aromatic N) is 3. The van der Waals surface area contributed by atoms with Gasteiger partial charge in [0.1, 0.15) is 11.9 Å². The van der Waals surface area contributed by atoms with Crippen molar-refractivity contribution in [3.05, 3.63) is 45.6 Å². The summed E-state index contributed by atoms with van der Waals surface area (Å²) in [4.78, 5) is 29.9. The van der Waals surface area contributed by atoms with E-state index < -0.39 is 11.6 Å². The third-order valence-electron chi connectivity index (χ3n) is 4.14. The van der Waals surface area contributed by atoms with Crippen molar-refractivity contribution in [2.24, 2.45) is 7.05 Å². The number of hydrogen-bond acceptors (Lipinski definition) is 4. The molecule has 1 aromatic carbocycles. The summed E-state index contributed by atoms with van der Waals surface area (Å²) in [6.45, 7) is 9.35. The normalized spacial score (nSPS) is 13.3. The highest BCUT2D eigenvalue weighted by Gasteiger charge is 2.25. The maximum atomic E-state index is 13.0. The molecule has 1 atom stereocenters. The predicted octanol–water partition coefficient (Wildman–Crippen LogP) is 3.91. The molecule has 138 valence electrons. The summed E-state index contributed by atoms with van der Waals surface area (Å²) in [5, 5.41) is 0.592. The summed E-state index contributed by atoms with van der Waals surface area (Å²) in [5.74, 6) is -0.546. The second-order valence-corrected chi connectivity index (χ2v) is 8.89. The standard InChI is InChI=1S/C19H22BrN3O3/c1-10-7-12(11(2)20)15-13(8-10)17(24)22(6)16-14(21-9-23(15)16)18(25)26-19(3,4)5/h7-9,11H,1-6H3. The Morgan fingerprint density at radius 3 is 2.54 bits per heavy atom. The average Bonchev–Trinajstić information content (AvgIpc) is 2.95. The highest BCUT2D eigenvalue weighted by molar-refractivity contribution is 9.09. The molecule has 7 heteroatoms. The van der Waals surface area contributed by atoms with E-state index in [1.165, 1.54) is 4.57 Å². The molecule has 0 spiro atoms. The van der Waals surface area contributed by atoms with E-state index in [9.17, 15) is 9.59 Å². The minimum absolute atomic E-state index is 0.0348. The van der Waals surface area contributed by atoms with Crippen molar-refractivity contribution in [3.8, 4) is 0 Å². The molecule has 0 aliphatic rings. The molecule has 2 heterocycles. The molecule has 0 fully saturated rings. The Labute approximate surface area is 159 Å². The molecule has 26 heavy (non-hydrogen) atoms. The molecule has 0 aliphatic carbocycles. The molecule has 0 aliphatic heterocycles. The SMILES string of the molecule is Cc1cc(C(C)Br)c2c(c1)c(=O)n(C)c1c(C(=O)OC(C)(C)C)ncn21. The topological polar surface area (TPSA) is 65.6 Å². The van der Waals surface area contributed by atoms with Gasteiger partial charge in [0.2, 0.25) is 0 Å². The fourth-order valence-electron chi connectivity index (χ4n) is 3.12. The van der Waals surface area contributed by atoms with Gasteiger partial charge in [0.15, 0.2) is 11.3 Å². The summed E-state index contributed by atoms with van der Waals surface area (Å²) in [6.07, 6.45) is 1.57. The van der Waals surface area contributed by atoms with Crippen LogP contribution < -0.4 is 5.56 Å². The quantitative estimate of drug-likeness (QED) is 0.466. The van der Waals surface area contributed by atoms with E-state index >= 15 is 0 Å². The Morgan fingerprint density at radius 1 is 1.31 bits per heavy atom. The fourth-order valence-corrected chi connectivity index (χ4v) is 3.46. The van der Waals surface area contributed by atoms with Gasteiger partial charge >= 0.3 is 5.97 Å². The van der Waals surface area contributed by atoms with E-state index in [0.717, 1.165) is 16.6 Å². The number of benzene rings is 1. The van der Waals surface area contributed by atoms with Crippen LogP contribution in [0, 0.1) is 6.92 Å². The van der Waals surface area contributed by atoms with E-state index in [1.54, 1.807) is 38.5 Å². The number of esters is 1. The molecule has 0 saturated carbocycles. The maximum absolute atomic E-state index is 13.0. The maximum Gasteiger partial charge on any atom is 0.361 e. The Hall–Kier alpha value is -2.15. The second-order valence-electron chi connectivity index (χ2n) is 7.52. The third kappa shape index (κ3) is 3.05. The number of aromatic nitrogens is 3. The number of halogens is 1. The number of alkyl halides is 1. The first-order valence-corrected chi connectivity index (χ1v) is 9.30. The number of rotatable bonds is 2. The lowest BCUT2D eigenvalue weighted by Crippen LogP contribution is -2.26. The fraction of sp³-hybridized carbons (Fsp3) is 0.421. The summed E-state index contributed by atoms with van der Waals surface area (Å²) < 4.78 is 8.70. The minimum Gasteiger partial charge on any atom is -0.455 e. The van der Waals surface area contributed by atoms with E-state index in [4.69, 9.17) is 4.74 Å². The van der Waals surface area contributed by atoms with Crippen LogP contribution in [0.15, 0.2) is 23.3 Å². The van der Waals surface area contributed by atoms with Gasteiger partial charge < -0.3 is 4.74 Å². The van der Waals surface area contributed by atoms with Crippen LogP contribution in [0.2, 0.25) is 0 Å². The molecule has 0 saturated heterocycles. The van der Waals surface area contributed by atoms with Gasteiger partial charge in [-0.3, -0.25) is 13.8 Å². The van der Waals surface area contributed by atoms with Gasteiger partial charge in [-0.05, 0) is 51.8 Å². The van der Waals surface area contributed by atoms with Crippen LogP contribution in [0.1, 0.15) is 54.1 Å². The second kappa shape index (κ2) is 6.23. The smallest absolute Gasteiger partial charge is 0.361 e.